The molecule has 2 aromatic carbocycles. The van der Waals surface area contributed by atoms with Crippen LogP contribution in [0.4, 0.5) is 28.8 Å². The maximum absolute atomic E-state index is 12.9. The first-order valence-corrected chi connectivity index (χ1v) is 13.7. The summed E-state index contributed by atoms with van der Waals surface area (Å²) >= 11 is 0. The standard InChI is InChI=1S/C27H29N15O4/c28-13-4-5-15(16(9-13)22-39-41-42-40-22)25(44)32-7-1-2-19(26(45)46)36-24(43)12-3-6-18(17(29)8-12)33-10-14-11-34-23-20(35-14)21(30)37-27(31)38-23/h3-6,8-9,11,19,33H,1-2,7,10,28-29H2,(H,32,44)(H,36,43)(H,45,46)(H,39,40,41,42)(H4,30,31,34,37,38)/t19-/m0/s1. The number of rotatable bonds is 12. The van der Waals surface area contributed by atoms with E-state index in [9.17, 15) is 19.5 Å². The second-order valence-corrected chi connectivity index (χ2v) is 9.96. The Morgan fingerprint density at radius 1 is 0.978 bits per heavy atom. The number of nitrogens with zero attached hydrogens (tertiary/aromatic N) is 7. The van der Waals surface area contributed by atoms with Gasteiger partial charge in [0.05, 0.1) is 35.4 Å². The Balaban J connectivity index is 1.14. The number of nitrogen functional groups attached to an aromatic ring is 4. The van der Waals surface area contributed by atoms with Crippen molar-refractivity contribution >= 4 is 57.8 Å². The largest absolute Gasteiger partial charge is 0.480 e. The average Bonchev–Trinajstić information content (AvgIpc) is 3.57. The fraction of sp³-hybridized carbons (Fsp3) is 0.185. The van der Waals surface area contributed by atoms with Crippen LogP contribution >= 0.6 is 0 Å². The van der Waals surface area contributed by atoms with Gasteiger partial charge in [-0.1, -0.05) is 0 Å². The molecule has 0 spiro atoms. The molecule has 0 bridgehead atoms. The van der Waals surface area contributed by atoms with Crippen molar-refractivity contribution in [1.29, 1.82) is 0 Å². The molecule has 1 atom stereocenters. The van der Waals surface area contributed by atoms with Crippen molar-refractivity contribution < 1.29 is 19.5 Å². The lowest BCUT2D eigenvalue weighted by atomic mass is 10.0. The van der Waals surface area contributed by atoms with Crippen LogP contribution in [0.1, 0.15) is 39.3 Å². The van der Waals surface area contributed by atoms with E-state index in [2.05, 4.69) is 56.5 Å². The van der Waals surface area contributed by atoms with E-state index in [1.54, 1.807) is 18.2 Å². The summed E-state index contributed by atoms with van der Waals surface area (Å²) in [7, 11) is 0. The highest BCUT2D eigenvalue weighted by Crippen LogP contribution is 2.23. The normalized spacial score (nSPS) is 11.6. The van der Waals surface area contributed by atoms with E-state index in [0.29, 0.717) is 28.1 Å². The number of aromatic amines is 1. The molecule has 5 aromatic rings. The maximum atomic E-state index is 12.9. The van der Waals surface area contributed by atoms with Gasteiger partial charge in [-0.25, -0.2) is 14.8 Å². The molecule has 3 aromatic heterocycles. The van der Waals surface area contributed by atoms with Crippen LogP contribution in [-0.4, -0.2) is 76.0 Å². The summed E-state index contributed by atoms with van der Waals surface area (Å²) in [5.41, 5.74) is 26.5. The van der Waals surface area contributed by atoms with E-state index in [1.165, 1.54) is 24.4 Å². The minimum absolute atomic E-state index is 0.00678. The van der Waals surface area contributed by atoms with Crippen LogP contribution in [0, 0.1) is 0 Å². The van der Waals surface area contributed by atoms with Gasteiger partial charge in [0.2, 0.25) is 11.8 Å². The zero-order chi connectivity index (χ0) is 32.8. The number of carbonyl (C=O) groups is 3. The predicted molar refractivity (Wildman–Crippen MR) is 167 cm³/mol. The number of carboxylic acids is 1. The van der Waals surface area contributed by atoms with E-state index >= 15 is 0 Å². The fourth-order valence-corrected chi connectivity index (χ4v) is 4.44. The first-order chi connectivity index (χ1) is 22.1. The third kappa shape index (κ3) is 7.10. The van der Waals surface area contributed by atoms with Crippen molar-refractivity contribution in [3.63, 3.8) is 0 Å². The number of nitrogens with two attached hydrogens (primary N) is 4. The van der Waals surface area contributed by atoms with Gasteiger partial charge in [-0.15, -0.1) is 10.2 Å². The van der Waals surface area contributed by atoms with Gasteiger partial charge in [-0.3, -0.25) is 9.59 Å². The van der Waals surface area contributed by atoms with Gasteiger partial charge in [-0.2, -0.15) is 15.2 Å². The van der Waals surface area contributed by atoms with Crippen LogP contribution in [0.3, 0.4) is 0 Å². The molecule has 19 heteroatoms. The Morgan fingerprint density at radius 3 is 2.54 bits per heavy atom. The molecule has 0 radical (unpaired) electrons. The van der Waals surface area contributed by atoms with Gasteiger partial charge in [0.1, 0.15) is 6.04 Å². The Hall–Kier alpha value is -6.66. The van der Waals surface area contributed by atoms with Gasteiger partial charge in [0, 0.05) is 23.4 Å². The first-order valence-electron chi connectivity index (χ1n) is 13.7. The Bertz CT molecular complexity index is 1920. The van der Waals surface area contributed by atoms with Crippen LogP contribution in [-0.2, 0) is 11.3 Å². The van der Waals surface area contributed by atoms with Gasteiger partial charge < -0.3 is 44.0 Å². The molecule has 0 aliphatic carbocycles. The average molecular weight is 628 g/mol. The van der Waals surface area contributed by atoms with E-state index in [-0.39, 0.29) is 66.0 Å². The Morgan fingerprint density at radius 2 is 1.80 bits per heavy atom. The third-order valence-corrected chi connectivity index (χ3v) is 6.71. The molecule has 0 unspecified atom stereocenters. The van der Waals surface area contributed by atoms with Crippen LogP contribution in [0.25, 0.3) is 22.6 Å². The van der Waals surface area contributed by atoms with Gasteiger partial charge in [0.25, 0.3) is 11.8 Å². The number of benzene rings is 2. The molecule has 236 valence electrons. The lowest BCUT2D eigenvalue weighted by Gasteiger charge is -2.16. The number of carbonyl (C=O) groups excluding carboxylic acids is 2. The van der Waals surface area contributed by atoms with E-state index in [1.807, 2.05) is 0 Å². The van der Waals surface area contributed by atoms with Crippen LogP contribution in [0.2, 0.25) is 0 Å². The molecular weight excluding hydrogens is 598 g/mol. The number of H-pyrrole nitrogens is 1. The second kappa shape index (κ2) is 13.3. The van der Waals surface area contributed by atoms with Crippen molar-refractivity contribution in [2.75, 3.05) is 34.8 Å². The summed E-state index contributed by atoms with van der Waals surface area (Å²) in [6.45, 7) is 0.355. The number of fused-ring (bicyclic) bond motifs is 1. The van der Waals surface area contributed by atoms with Gasteiger partial charge in [0.15, 0.2) is 17.0 Å². The zero-order valence-corrected chi connectivity index (χ0v) is 24.1. The lowest BCUT2D eigenvalue weighted by molar-refractivity contribution is -0.139. The summed E-state index contributed by atoms with van der Waals surface area (Å²) in [6, 6.07) is 7.94. The SMILES string of the molecule is Nc1ccc(C(=O)NCCC[C@H](NC(=O)c2ccc(NCc3cnc4nc(N)nc(N)c4n3)c(N)c2)C(=O)O)c(-c2nn[nH]n2)c1. The van der Waals surface area contributed by atoms with Gasteiger partial charge >= 0.3 is 5.97 Å². The number of anilines is 5. The van der Waals surface area contributed by atoms with Crippen LogP contribution < -0.4 is 38.9 Å². The summed E-state index contributed by atoms with van der Waals surface area (Å²) in [6.07, 6.45) is 1.80. The van der Waals surface area contributed by atoms with Crippen molar-refractivity contribution in [3.05, 3.63) is 59.4 Å². The molecule has 5 rings (SSSR count). The predicted octanol–water partition coefficient (Wildman–Crippen LogP) is -0.0660. The number of hydrogen-bond donors (Lipinski definition) is 9. The molecule has 0 saturated carbocycles. The molecule has 2 amide bonds. The molecule has 0 aliphatic heterocycles. The van der Waals surface area contributed by atoms with Gasteiger partial charge in [-0.05, 0) is 54.5 Å². The molecule has 0 saturated heterocycles. The topological polar surface area (TPSA) is 318 Å². The van der Waals surface area contributed by atoms with Crippen molar-refractivity contribution in [2.24, 2.45) is 0 Å². The molecule has 0 aliphatic rings. The molecule has 3 heterocycles. The highest BCUT2D eigenvalue weighted by molar-refractivity contribution is 6.01. The molecule has 0 fully saturated rings. The summed E-state index contributed by atoms with van der Waals surface area (Å²) in [5, 5.41) is 31.6. The highest BCUT2D eigenvalue weighted by Gasteiger charge is 2.22. The van der Waals surface area contributed by atoms with Crippen LogP contribution in [0.15, 0.2) is 42.6 Å². The molecule has 46 heavy (non-hydrogen) atoms. The minimum Gasteiger partial charge on any atom is -0.480 e. The number of hydrogen-bond acceptors (Lipinski definition) is 15. The number of carboxylic acid groups (broad SMARTS) is 1. The molecule has 19 nitrogen and oxygen atoms in total. The van der Waals surface area contributed by atoms with E-state index < -0.39 is 23.8 Å². The smallest absolute Gasteiger partial charge is 0.326 e. The van der Waals surface area contributed by atoms with Crippen molar-refractivity contribution in [1.82, 2.24) is 51.2 Å². The van der Waals surface area contributed by atoms with E-state index in [0.717, 1.165) is 0 Å². The lowest BCUT2D eigenvalue weighted by Crippen LogP contribution is -2.41. The summed E-state index contributed by atoms with van der Waals surface area (Å²) < 4.78 is 0. The van der Waals surface area contributed by atoms with Crippen molar-refractivity contribution in [3.8, 4) is 11.4 Å². The van der Waals surface area contributed by atoms with Crippen molar-refractivity contribution in [2.45, 2.75) is 25.4 Å². The second-order valence-electron chi connectivity index (χ2n) is 9.96. The number of tetrazole rings is 1. The molecular formula is C27H29N15O4. The number of amides is 2. The first kappa shape index (κ1) is 30.8. The monoisotopic (exact) mass is 627 g/mol. The fourth-order valence-electron chi connectivity index (χ4n) is 4.44. The highest BCUT2D eigenvalue weighted by atomic mass is 16.4. The zero-order valence-electron chi connectivity index (χ0n) is 24.1. The molecule has 13 N–H and O–H groups in total. The number of nitrogens with one attached hydrogen (secondary N) is 4. The Labute approximate surface area is 259 Å². The maximum Gasteiger partial charge on any atom is 0.326 e. The third-order valence-electron chi connectivity index (χ3n) is 6.71. The minimum atomic E-state index is -1.23. The summed E-state index contributed by atoms with van der Waals surface area (Å²) in [4.78, 5) is 54.1. The number of aliphatic carboxylic acids is 1. The summed E-state index contributed by atoms with van der Waals surface area (Å²) in [5.74, 6) is -2.00. The number of aromatic nitrogens is 8. The Kier molecular flexibility index (Phi) is 8.92. The quantitative estimate of drug-likeness (QED) is 0.0645. The van der Waals surface area contributed by atoms with Crippen LogP contribution in [0.5, 0.6) is 0 Å². The van der Waals surface area contributed by atoms with E-state index in [4.69, 9.17) is 22.9 Å².